The van der Waals surface area contributed by atoms with Crippen LogP contribution in [0.2, 0.25) is 0 Å². The van der Waals surface area contributed by atoms with E-state index in [4.69, 9.17) is 0 Å². The molecule has 0 unspecified atom stereocenters. The molecule has 5 aromatic rings. The van der Waals surface area contributed by atoms with Gasteiger partial charge >= 0.3 is 6.18 Å². The van der Waals surface area contributed by atoms with Crippen molar-refractivity contribution >= 4 is 16.5 Å². The molecule has 0 amide bonds. The highest BCUT2D eigenvalue weighted by molar-refractivity contribution is 5.89. The van der Waals surface area contributed by atoms with E-state index in [-0.39, 0.29) is 11.2 Å². The summed E-state index contributed by atoms with van der Waals surface area (Å²) in [5, 5.41) is 7.91. The first-order chi connectivity index (χ1) is 19.3. The highest BCUT2D eigenvalue weighted by Crippen LogP contribution is 2.37. The zero-order valence-electron chi connectivity index (χ0n) is 22.4. The van der Waals surface area contributed by atoms with Gasteiger partial charge in [-0.2, -0.15) is 23.0 Å². The first kappa shape index (κ1) is 27.7. The van der Waals surface area contributed by atoms with Gasteiger partial charge in [-0.05, 0) is 67.6 Å². The number of alkyl halides is 3. The van der Waals surface area contributed by atoms with Crippen molar-refractivity contribution in [1.29, 1.82) is 0 Å². The van der Waals surface area contributed by atoms with E-state index < -0.39 is 29.2 Å². The van der Waals surface area contributed by atoms with Gasteiger partial charge in [0, 0.05) is 35.8 Å². The summed E-state index contributed by atoms with van der Waals surface area (Å²) < 4.78 is 57.1. The van der Waals surface area contributed by atoms with Crippen molar-refractivity contribution in [3.63, 3.8) is 0 Å². The van der Waals surface area contributed by atoms with E-state index in [9.17, 15) is 27.2 Å². The molecule has 0 fully saturated rings. The molecule has 41 heavy (non-hydrogen) atoms. The Balaban J connectivity index is 1.62. The van der Waals surface area contributed by atoms with Crippen LogP contribution < -0.4 is 16.4 Å². The van der Waals surface area contributed by atoms with E-state index in [0.29, 0.717) is 45.2 Å². The predicted molar refractivity (Wildman–Crippen MR) is 147 cm³/mol. The molecule has 8 nitrogen and oxygen atoms in total. The predicted octanol–water partition coefficient (Wildman–Crippen LogP) is 5.49. The van der Waals surface area contributed by atoms with Crippen molar-refractivity contribution in [2.45, 2.75) is 33.0 Å². The summed E-state index contributed by atoms with van der Waals surface area (Å²) in [7, 11) is 1.56. The zero-order valence-corrected chi connectivity index (χ0v) is 22.4. The Kier molecular flexibility index (Phi) is 6.93. The van der Waals surface area contributed by atoms with Crippen LogP contribution in [0, 0.1) is 19.7 Å². The molecule has 0 aliphatic heterocycles. The lowest BCUT2D eigenvalue weighted by Crippen LogP contribution is -2.23. The molecule has 0 saturated carbocycles. The minimum absolute atomic E-state index is 0.294. The molecule has 1 atom stereocenters. The molecule has 1 N–H and O–H groups in total. The number of nitrogens with one attached hydrogen (secondary N) is 1. The molecule has 0 aliphatic rings. The van der Waals surface area contributed by atoms with Gasteiger partial charge in [-0.15, -0.1) is 0 Å². The van der Waals surface area contributed by atoms with E-state index in [1.807, 2.05) is 0 Å². The average Bonchev–Trinajstić information content (AvgIpc) is 2.91. The fourth-order valence-corrected chi connectivity index (χ4v) is 4.75. The number of halogens is 4. The maximum atomic E-state index is 13.7. The van der Waals surface area contributed by atoms with E-state index in [1.165, 1.54) is 29.2 Å². The fourth-order valence-electron chi connectivity index (χ4n) is 4.75. The van der Waals surface area contributed by atoms with Crippen molar-refractivity contribution in [3.05, 3.63) is 110 Å². The number of aryl methyl sites for hydroxylation is 2. The summed E-state index contributed by atoms with van der Waals surface area (Å²) in [6.45, 7) is 5.14. The van der Waals surface area contributed by atoms with Crippen LogP contribution in [0.25, 0.3) is 27.7 Å². The van der Waals surface area contributed by atoms with E-state index in [0.717, 1.165) is 22.4 Å². The highest BCUT2D eigenvalue weighted by atomic mass is 19.4. The van der Waals surface area contributed by atoms with Crippen LogP contribution in [-0.2, 0) is 13.2 Å². The number of nitrogens with zero attached hydrogens (tertiary/aromatic N) is 5. The Labute approximate surface area is 230 Å². The Morgan fingerprint density at radius 2 is 1.63 bits per heavy atom. The standard InChI is InChI=1S/C29H24F4N6O2/c1-15-7-21(16(2)37-25-6-5-19(30)10-24(25)29(31,32)33)22-11-26(38(4)28(41)23(22)8-15)18-9-27(40)39(36-12-18)20-13-34-17(3)35-14-20/h5-14,16,37H,1-4H3/t16-/m1/s1. The number of anilines is 1. The minimum Gasteiger partial charge on any atom is -0.378 e. The van der Waals surface area contributed by atoms with Gasteiger partial charge in [0.2, 0.25) is 0 Å². The second-order valence-electron chi connectivity index (χ2n) is 9.75. The van der Waals surface area contributed by atoms with Crippen LogP contribution in [0.15, 0.2) is 70.6 Å². The molecule has 0 aliphatic carbocycles. The monoisotopic (exact) mass is 564 g/mol. The number of rotatable bonds is 5. The maximum Gasteiger partial charge on any atom is 0.418 e. The van der Waals surface area contributed by atoms with Gasteiger partial charge < -0.3 is 9.88 Å². The Morgan fingerprint density at radius 3 is 2.29 bits per heavy atom. The Hall–Kier alpha value is -4.87. The number of pyridine rings is 1. The Bertz CT molecular complexity index is 1910. The van der Waals surface area contributed by atoms with Crippen molar-refractivity contribution in [1.82, 2.24) is 24.3 Å². The van der Waals surface area contributed by atoms with Crippen LogP contribution in [0.5, 0.6) is 0 Å². The number of hydrogen-bond acceptors (Lipinski definition) is 6. The second-order valence-corrected chi connectivity index (χ2v) is 9.75. The third-order valence-electron chi connectivity index (χ3n) is 6.77. The van der Waals surface area contributed by atoms with Crippen molar-refractivity contribution in [2.75, 3.05) is 5.32 Å². The molecule has 5 rings (SSSR count). The molecule has 0 radical (unpaired) electrons. The first-order valence-electron chi connectivity index (χ1n) is 12.5. The van der Waals surface area contributed by atoms with Crippen molar-refractivity contribution in [3.8, 4) is 16.9 Å². The van der Waals surface area contributed by atoms with Crippen LogP contribution in [-0.4, -0.2) is 24.3 Å². The van der Waals surface area contributed by atoms with E-state index in [2.05, 4.69) is 20.4 Å². The molecular weight excluding hydrogens is 540 g/mol. The van der Waals surface area contributed by atoms with Gasteiger partial charge in [0.25, 0.3) is 11.1 Å². The molecule has 2 aromatic carbocycles. The molecular formula is C29H24F4N6O2. The number of hydrogen-bond donors (Lipinski definition) is 1. The van der Waals surface area contributed by atoms with Crippen molar-refractivity contribution in [2.24, 2.45) is 7.05 Å². The third kappa shape index (κ3) is 5.32. The van der Waals surface area contributed by atoms with Gasteiger partial charge in [0.1, 0.15) is 17.3 Å². The first-order valence-corrected chi connectivity index (χ1v) is 12.5. The highest BCUT2D eigenvalue weighted by Gasteiger charge is 2.34. The van der Waals surface area contributed by atoms with E-state index >= 15 is 0 Å². The lowest BCUT2D eigenvalue weighted by Gasteiger charge is -2.22. The van der Waals surface area contributed by atoms with Gasteiger partial charge in [-0.1, -0.05) is 6.07 Å². The quantitative estimate of drug-likeness (QED) is 0.284. The summed E-state index contributed by atoms with van der Waals surface area (Å²) >= 11 is 0. The minimum atomic E-state index is -4.78. The largest absolute Gasteiger partial charge is 0.418 e. The van der Waals surface area contributed by atoms with Gasteiger partial charge in [-0.25, -0.2) is 14.4 Å². The molecule has 0 saturated heterocycles. The van der Waals surface area contributed by atoms with Crippen LogP contribution >= 0.6 is 0 Å². The van der Waals surface area contributed by atoms with Crippen LogP contribution in [0.1, 0.15) is 35.5 Å². The number of fused-ring (bicyclic) bond motifs is 1. The summed E-state index contributed by atoms with van der Waals surface area (Å²) in [6, 6.07) is 8.22. The molecule has 0 spiro atoms. The lowest BCUT2D eigenvalue weighted by molar-refractivity contribution is -0.137. The van der Waals surface area contributed by atoms with Gasteiger partial charge in [0.15, 0.2) is 0 Å². The van der Waals surface area contributed by atoms with E-state index in [1.54, 1.807) is 46.0 Å². The second kappa shape index (κ2) is 10.3. The number of aromatic nitrogens is 5. The molecule has 0 bridgehead atoms. The molecule has 3 heterocycles. The van der Waals surface area contributed by atoms with Gasteiger partial charge in [-0.3, -0.25) is 9.59 Å². The zero-order chi connectivity index (χ0) is 29.6. The Morgan fingerprint density at radius 1 is 0.927 bits per heavy atom. The van der Waals surface area contributed by atoms with Gasteiger partial charge in [0.05, 0.1) is 29.8 Å². The molecule has 12 heteroatoms. The third-order valence-corrected chi connectivity index (χ3v) is 6.77. The molecule has 210 valence electrons. The summed E-state index contributed by atoms with van der Waals surface area (Å²) in [5.74, 6) is -0.469. The normalized spacial score (nSPS) is 12.5. The smallest absolute Gasteiger partial charge is 0.378 e. The summed E-state index contributed by atoms with van der Waals surface area (Å²) in [4.78, 5) is 34.6. The maximum absolute atomic E-state index is 13.7. The van der Waals surface area contributed by atoms with Crippen LogP contribution in [0.4, 0.5) is 23.2 Å². The topological polar surface area (TPSA) is 94.7 Å². The van der Waals surface area contributed by atoms with Crippen molar-refractivity contribution < 1.29 is 17.6 Å². The lowest BCUT2D eigenvalue weighted by atomic mass is 9.96. The van der Waals surface area contributed by atoms with Crippen LogP contribution in [0.3, 0.4) is 0 Å². The SMILES string of the molecule is Cc1cc([C@@H](C)Nc2ccc(F)cc2C(F)(F)F)c2cc(-c3cnn(-c4cnc(C)nc4)c(=O)c3)n(C)c(=O)c2c1. The molecule has 3 aromatic heterocycles. The average molecular weight is 565 g/mol. The number of benzene rings is 2. The summed E-state index contributed by atoms with van der Waals surface area (Å²) in [6.07, 6.45) is -0.404. The summed E-state index contributed by atoms with van der Waals surface area (Å²) in [5.41, 5.74) is 0.138. The fraction of sp³-hybridized carbons (Fsp3) is 0.207.